The van der Waals surface area contributed by atoms with Crippen molar-refractivity contribution in [1.82, 2.24) is 0 Å². The van der Waals surface area contributed by atoms with Gasteiger partial charge >= 0.3 is 18.0 Å². The van der Waals surface area contributed by atoms with Gasteiger partial charge in [-0.15, -0.1) is 24.0 Å². The fourth-order valence-corrected chi connectivity index (χ4v) is 0. The summed E-state index contributed by atoms with van der Waals surface area (Å²) < 4.78 is 0. The molecule has 8 heteroatoms. The number of hydrogen-bond acceptors (Lipinski definition) is 0. The van der Waals surface area contributed by atoms with Crippen molar-refractivity contribution in [3.05, 3.63) is 0 Å². The summed E-state index contributed by atoms with van der Waals surface area (Å²) in [4.78, 5) is 0. The monoisotopic (exact) mass is 326 g/mol. The Kier molecular flexibility index (Phi) is 44800. The van der Waals surface area contributed by atoms with Crippen molar-refractivity contribution >= 4 is 41.9 Å². The van der Waals surface area contributed by atoms with Crippen molar-refractivity contribution in [2.45, 2.75) is 0 Å². The van der Waals surface area contributed by atoms with Crippen LogP contribution in [-0.4, -0.2) is 18.0 Å². The molecule has 64 valence electrons. The minimum absolute atomic E-state index is 0. The summed E-state index contributed by atoms with van der Waals surface area (Å²) in [5.74, 6) is 0. The molecular weight excluding hydrogens is 316 g/mol. The molecule has 0 amide bonds. The van der Waals surface area contributed by atoms with Crippen molar-refractivity contribution in [1.29, 1.82) is 0 Å². The molecule has 0 N–H and O–H groups in total. The molecule has 0 bridgehead atoms. The summed E-state index contributed by atoms with van der Waals surface area (Å²) in [7, 11) is 0. The quantitative estimate of drug-likeness (QED) is 0.342. The fourth-order valence-electron chi connectivity index (χ4n) is 0. The Hall–Kier alpha value is 0.868. The predicted molar refractivity (Wildman–Crippen MR) is 40.4 cm³/mol. The normalized spacial score (nSPS) is 0. The van der Waals surface area contributed by atoms with Crippen LogP contribution in [0, 0.1) is 0 Å². The summed E-state index contributed by atoms with van der Waals surface area (Å²) in [6.45, 7) is 0. The van der Waals surface area contributed by atoms with Gasteiger partial charge in [-0.2, -0.15) is 0 Å². The Labute approximate surface area is 70.3 Å². The molecule has 8 heavy (non-hydrogen) atoms. The summed E-state index contributed by atoms with van der Waals surface area (Å²) in [5.41, 5.74) is 0. The van der Waals surface area contributed by atoms with E-state index >= 15 is 0 Å². The van der Waals surface area contributed by atoms with Crippen molar-refractivity contribution in [2.75, 3.05) is 0 Å². The van der Waals surface area contributed by atoms with Crippen LogP contribution >= 0.6 is 24.0 Å². The van der Waals surface area contributed by atoms with Gasteiger partial charge in [0.05, 0.1) is 0 Å². The summed E-state index contributed by atoms with van der Waals surface area (Å²) in [5, 5.41) is 0. The third kappa shape index (κ3) is 314. The Morgan fingerprint density at radius 1 is 0.375 bits per heavy atom. The van der Waals surface area contributed by atoms with E-state index in [4.69, 9.17) is 0 Å². The van der Waals surface area contributed by atoms with Crippen molar-refractivity contribution in [2.24, 2.45) is 0 Å². The molecule has 0 heterocycles. The average Bonchev–Trinajstić information content (AvgIpc) is 0. The fraction of sp³-hybridized carbons (Fsp3) is 0. The van der Waals surface area contributed by atoms with E-state index < -0.39 is 0 Å². The van der Waals surface area contributed by atoms with E-state index in [0.29, 0.717) is 0 Å². The topological polar surface area (TPSA) is 0 Å². The van der Waals surface area contributed by atoms with Crippen molar-refractivity contribution in [3.8, 4) is 0 Å². The Morgan fingerprint density at radius 2 is 0.375 bits per heavy atom. The van der Waals surface area contributed by atoms with E-state index in [0.717, 1.165) is 0 Å². The van der Waals surface area contributed by atoms with Gasteiger partial charge < -0.3 is 0 Å². The Bertz CT molecular complexity index is 8.49. The molecule has 0 radical (unpaired) electrons. The number of hydrogen-bond donors (Lipinski definition) is 0. The first kappa shape index (κ1) is 728. The molecule has 0 aliphatic carbocycles. The Morgan fingerprint density at radius 3 is 0.375 bits per heavy atom. The van der Waals surface area contributed by atoms with Crippen molar-refractivity contribution < 1.29 is 28.2 Å². The molecule has 1 atom stereocenters. The van der Waals surface area contributed by atoms with Crippen LogP contribution in [0.15, 0.2) is 0 Å². The van der Waals surface area contributed by atoms with Gasteiger partial charge in [-0.3, -0.25) is 28.2 Å². The molecule has 0 fully saturated rings. The third-order valence-corrected chi connectivity index (χ3v) is 0. The van der Waals surface area contributed by atoms with Gasteiger partial charge in [0.2, 0.25) is 0 Å². The van der Waals surface area contributed by atoms with Crippen molar-refractivity contribution in [3.63, 3.8) is 0 Å². The molecule has 0 aliphatic rings. The molecule has 0 aromatic heterocycles. The minimum atomic E-state index is 0. The predicted octanol–water partition coefficient (Wildman–Crippen LogP) is 0.349. The van der Waals surface area contributed by atoms with Crippen LogP contribution in [0.5, 0.6) is 0 Å². The molecule has 0 aliphatic heterocycles. The molecule has 1 unspecified atom stereocenters. The first-order valence-electron chi connectivity index (χ1n) is 0. The second kappa shape index (κ2) is 492. The van der Waals surface area contributed by atoms with E-state index in [2.05, 4.69) is 0 Å². The van der Waals surface area contributed by atoms with Crippen LogP contribution in [0.2, 0.25) is 0 Å². The van der Waals surface area contributed by atoms with E-state index in [1.54, 1.807) is 0 Å². The molecule has 0 saturated carbocycles. The molecule has 0 saturated heterocycles. The number of halogens is 7. The molecule has 0 nitrogen and oxygen atoms in total. The molecule has 0 aromatic carbocycles. The Balaban J connectivity index is 0. The van der Waals surface area contributed by atoms with Crippen LogP contribution in [0.1, 0.15) is 0 Å². The zero-order valence-corrected chi connectivity index (χ0v) is 8.86. The van der Waals surface area contributed by atoms with E-state index in [1.165, 1.54) is 0 Å². The number of rotatable bonds is 0. The second-order valence-electron chi connectivity index (χ2n) is 0. The average molecular weight is 326 g/mol. The standard InChI is InChI=1S/AsH3.6FH.HI/h1H3;7*1H. The first-order valence-corrected chi connectivity index (χ1v) is 0. The van der Waals surface area contributed by atoms with Gasteiger partial charge in [0.15, 0.2) is 0 Å². The summed E-state index contributed by atoms with van der Waals surface area (Å²) >= 11 is 0. The van der Waals surface area contributed by atoms with Crippen LogP contribution < -0.4 is 0 Å². The van der Waals surface area contributed by atoms with Crippen LogP contribution in [0.4, 0.5) is 28.2 Å². The van der Waals surface area contributed by atoms with Gasteiger partial charge in [-0.05, 0) is 0 Å². The zero-order valence-electron chi connectivity index (χ0n) is 3.56. The molecule has 0 rings (SSSR count). The van der Waals surface area contributed by atoms with Gasteiger partial charge in [-0.1, -0.05) is 0 Å². The third-order valence-electron chi connectivity index (χ3n) is 0. The van der Waals surface area contributed by atoms with Gasteiger partial charge in [0.1, 0.15) is 0 Å². The van der Waals surface area contributed by atoms with E-state index in [-0.39, 0.29) is 70.2 Å². The first-order chi connectivity index (χ1) is 0. The van der Waals surface area contributed by atoms with Gasteiger partial charge in [0, 0.05) is 0 Å². The second-order valence-corrected chi connectivity index (χ2v) is 0. The van der Waals surface area contributed by atoms with Crippen LogP contribution in [0.25, 0.3) is 0 Å². The molecular formula is H10AsF6I. The zero-order chi connectivity index (χ0) is 0. The molecule has 0 spiro atoms. The van der Waals surface area contributed by atoms with Crippen LogP contribution in [0.3, 0.4) is 0 Å². The maximum atomic E-state index is 0. The van der Waals surface area contributed by atoms with Gasteiger partial charge in [0.25, 0.3) is 0 Å². The SMILES string of the molecule is F.F.F.F.F.F.I.[AsH3]. The summed E-state index contributed by atoms with van der Waals surface area (Å²) in [6.07, 6.45) is 0. The molecule has 0 aromatic rings. The van der Waals surface area contributed by atoms with Gasteiger partial charge in [-0.25, -0.2) is 0 Å². The van der Waals surface area contributed by atoms with E-state index in [1.807, 2.05) is 0 Å². The summed E-state index contributed by atoms with van der Waals surface area (Å²) in [6, 6.07) is 0. The van der Waals surface area contributed by atoms with Crippen LogP contribution in [-0.2, 0) is 0 Å². The van der Waals surface area contributed by atoms with E-state index in [9.17, 15) is 0 Å². The maximum absolute atomic E-state index is 0.